The Balaban J connectivity index is -0.000000156. The van der Waals surface area contributed by atoms with Crippen LogP contribution in [0.3, 0.4) is 0 Å². The molecule has 0 fully saturated rings. The summed E-state index contributed by atoms with van der Waals surface area (Å²) in [6.07, 6.45) is -14.7. The number of halogens is 10. The second kappa shape index (κ2) is 18.0. The zero-order valence-corrected chi connectivity index (χ0v) is 24.8. The van der Waals surface area contributed by atoms with E-state index in [1.807, 2.05) is 0 Å². The van der Waals surface area contributed by atoms with Gasteiger partial charge in [0, 0.05) is 46.5 Å². The summed E-state index contributed by atoms with van der Waals surface area (Å²) in [5.41, 5.74) is -1.00. The van der Waals surface area contributed by atoms with Gasteiger partial charge in [0.1, 0.15) is 11.6 Å². The topological polar surface area (TPSA) is 155 Å². The molecule has 0 aliphatic heterocycles. The Kier molecular flexibility index (Phi) is 21.5. The van der Waals surface area contributed by atoms with Crippen LogP contribution in [0.2, 0.25) is 0 Å². The van der Waals surface area contributed by atoms with Crippen LogP contribution in [-0.2, 0) is 40.9 Å². The molecule has 0 aromatic carbocycles. The van der Waals surface area contributed by atoms with Crippen LogP contribution >= 0.6 is 0 Å². The summed E-state index contributed by atoms with van der Waals surface area (Å²) in [5.74, 6) is -23.4. The largest absolute Gasteiger partial charge is 0.550 e. The molecule has 41 heavy (non-hydrogen) atoms. The van der Waals surface area contributed by atoms with Gasteiger partial charge < -0.3 is 30.0 Å². The standard InChI is InChI=1S/2C7H7F5O3.2C4H10O.Ti/c2*1-3(4(13)2-5(14)15)6(8,9)7(10,11)12;2*1-4(2,3)5;/h2*3H,2H2,1H3,(H,14,15);2*5H,1-3H3;/p-2. The van der Waals surface area contributed by atoms with Crippen LogP contribution in [0.1, 0.15) is 68.2 Å². The van der Waals surface area contributed by atoms with Gasteiger partial charge in [-0.25, -0.2) is 0 Å². The number of aliphatic carboxylic acids is 2. The first-order valence-corrected chi connectivity index (χ1v) is 10.8. The zero-order chi connectivity index (χ0) is 33.9. The van der Waals surface area contributed by atoms with E-state index in [0.29, 0.717) is 13.8 Å². The van der Waals surface area contributed by atoms with Crippen molar-refractivity contribution in [2.24, 2.45) is 11.8 Å². The first-order valence-electron chi connectivity index (χ1n) is 10.8. The first kappa shape index (κ1) is 48.9. The molecule has 0 saturated carbocycles. The van der Waals surface area contributed by atoms with Crippen LogP contribution in [0, 0.1) is 11.8 Å². The van der Waals surface area contributed by atoms with E-state index in [1.54, 1.807) is 41.5 Å². The number of hydrogen-bond acceptors (Lipinski definition) is 8. The first-order chi connectivity index (χ1) is 17.0. The average Bonchev–Trinajstić information content (AvgIpc) is 2.61. The van der Waals surface area contributed by atoms with Crippen molar-refractivity contribution in [3.8, 4) is 0 Å². The summed E-state index contributed by atoms with van der Waals surface area (Å²) in [6.45, 7) is 11.1. The van der Waals surface area contributed by atoms with Gasteiger partial charge in [-0.3, -0.25) is 9.59 Å². The van der Waals surface area contributed by atoms with Crippen molar-refractivity contribution in [3.63, 3.8) is 0 Å². The molecule has 0 aromatic heterocycles. The van der Waals surface area contributed by atoms with E-state index in [9.17, 15) is 73.3 Å². The quantitative estimate of drug-likeness (QED) is 0.229. The summed E-state index contributed by atoms with van der Waals surface area (Å²) in [4.78, 5) is 41.0. The maximum Gasteiger partial charge on any atom is 0.454 e. The van der Waals surface area contributed by atoms with Gasteiger partial charge >= 0.3 is 24.2 Å². The Morgan fingerprint density at radius 3 is 0.805 bits per heavy atom. The van der Waals surface area contributed by atoms with Gasteiger partial charge in [-0.1, -0.05) is 0 Å². The van der Waals surface area contributed by atoms with Gasteiger partial charge in [0.15, 0.2) is 0 Å². The van der Waals surface area contributed by atoms with Crippen LogP contribution in [0.4, 0.5) is 43.9 Å². The van der Waals surface area contributed by atoms with E-state index in [-0.39, 0.29) is 21.7 Å². The van der Waals surface area contributed by atoms with E-state index < -0.39 is 83.6 Å². The molecular formula is C22H32F10O8Ti-2. The summed E-state index contributed by atoms with van der Waals surface area (Å²) in [7, 11) is 0. The maximum absolute atomic E-state index is 12.5. The second-order valence-corrected chi connectivity index (χ2v) is 10.1. The molecule has 0 bridgehead atoms. The van der Waals surface area contributed by atoms with Gasteiger partial charge in [-0.15, -0.1) is 0 Å². The fourth-order valence-corrected chi connectivity index (χ4v) is 1.49. The number of aliphatic hydroxyl groups is 2. The third-order valence-electron chi connectivity index (χ3n) is 3.45. The number of Topliss-reactive ketones (excluding diaryl/α,β-unsaturated/α-hetero) is 2. The van der Waals surface area contributed by atoms with Crippen molar-refractivity contribution in [1.82, 2.24) is 0 Å². The maximum atomic E-state index is 12.5. The fourth-order valence-electron chi connectivity index (χ4n) is 1.49. The fraction of sp³-hybridized carbons (Fsp3) is 0.818. The van der Waals surface area contributed by atoms with Crippen LogP contribution < -0.4 is 10.2 Å². The monoisotopic (exact) mass is 662 g/mol. The number of hydrogen-bond donors (Lipinski definition) is 2. The summed E-state index contributed by atoms with van der Waals surface area (Å²) < 4.78 is 120. The van der Waals surface area contributed by atoms with Crippen molar-refractivity contribution < 1.29 is 105 Å². The number of ketones is 2. The van der Waals surface area contributed by atoms with E-state index in [4.69, 9.17) is 10.2 Å². The minimum atomic E-state index is -5.88. The molecule has 0 saturated heterocycles. The third-order valence-corrected chi connectivity index (χ3v) is 3.45. The Bertz CT molecular complexity index is 750. The molecule has 2 atom stereocenters. The number of carboxylic acids is 2. The third kappa shape index (κ3) is 25.6. The predicted octanol–water partition coefficient (Wildman–Crippen LogP) is 2.61. The number of carboxylic acid groups (broad SMARTS) is 2. The van der Waals surface area contributed by atoms with E-state index >= 15 is 0 Å². The Hall–Kier alpha value is -1.79. The minimum absolute atomic E-state index is 0. The van der Waals surface area contributed by atoms with Crippen molar-refractivity contribution in [1.29, 1.82) is 0 Å². The second-order valence-electron chi connectivity index (χ2n) is 10.1. The average molecular weight is 662 g/mol. The molecule has 2 unspecified atom stereocenters. The molecule has 2 N–H and O–H groups in total. The van der Waals surface area contributed by atoms with Crippen LogP contribution in [-0.4, -0.2) is 69.1 Å². The van der Waals surface area contributed by atoms with Crippen LogP contribution in [0.15, 0.2) is 0 Å². The molecule has 0 rings (SSSR count). The number of carbonyl (C=O) groups excluding carboxylic acids is 4. The number of carbonyl (C=O) groups is 4. The SMILES string of the molecule is CC(C(=O)CC(=O)[O-])C(F)(F)C(F)(F)F.CC(C(=O)CC(=O)[O-])C(F)(F)C(F)(F)F.CC(C)(C)O.CC(C)(C)O.[Ti]. The van der Waals surface area contributed by atoms with E-state index in [1.165, 1.54) is 0 Å². The van der Waals surface area contributed by atoms with E-state index in [2.05, 4.69) is 0 Å². The molecule has 0 aliphatic carbocycles. The molecule has 0 heterocycles. The Morgan fingerprint density at radius 1 is 0.561 bits per heavy atom. The molecular weight excluding hydrogens is 630 g/mol. The minimum Gasteiger partial charge on any atom is -0.550 e. The molecule has 0 aliphatic rings. The van der Waals surface area contributed by atoms with Gasteiger partial charge in [0.25, 0.3) is 0 Å². The molecule has 244 valence electrons. The van der Waals surface area contributed by atoms with Crippen molar-refractivity contribution >= 4 is 23.5 Å². The normalized spacial score (nSPS) is 13.8. The Morgan fingerprint density at radius 2 is 0.707 bits per heavy atom. The summed E-state index contributed by atoms with van der Waals surface area (Å²) in [6, 6.07) is 0. The predicted molar refractivity (Wildman–Crippen MR) is 114 cm³/mol. The number of alkyl halides is 10. The summed E-state index contributed by atoms with van der Waals surface area (Å²) in [5, 5.41) is 36.7. The zero-order valence-electron chi connectivity index (χ0n) is 23.2. The van der Waals surface area contributed by atoms with Crippen molar-refractivity contribution in [3.05, 3.63) is 0 Å². The van der Waals surface area contributed by atoms with E-state index in [0.717, 1.165) is 0 Å². The molecule has 0 spiro atoms. The van der Waals surface area contributed by atoms with Crippen LogP contribution in [0.5, 0.6) is 0 Å². The molecule has 0 aromatic rings. The van der Waals surface area contributed by atoms with Gasteiger partial charge in [-0.2, -0.15) is 43.9 Å². The Labute approximate surface area is 244 Å². The summed E-state index contributed by atoms with van der Waals surface area (Å²) >= 11 is 0. The van der Waals surface area contributed by atoms with Crippen molar-refractivity contribution in [2.75, 3.05) is 0 Å². The van der Waals surface area contributed by atoms with Gasteiger partial charge in [-0.05, 0) is 55.4 Å². The molecule has 0 radical (unpaired) electrons. The number of rotatable bonds is 8. The smallest absolute Gasteiger partial charge is 0.454 e. The molecule has 19 heteroatoms. The molecule has 8 nitrogen and oxygen atoms in total. The van der Waals surface area contributed by atoms with Crippen LogP contribution in [0.25, 0.3) is 0 Å². The van der Waals surface area contributed by atoms with Gasteiger partial charge in [0.05, 0.1) is 23.0 Å². The van der Waals surface area contributed by atoms with Gasteiger partial charge in [0.2, 0.25) is 0 Å². The molecule has 0 amide bonds. The van der Waals surface area contributed by atoms with Crippen molar-refractivity contribution in [2.45, 2.75) is 104 Å².